The van der Waals surface area contributed by atoms with Gasteiger partial charge in [-0.3, -0.25) is 4.99 Å². The summed E-state index contributed by atoms with van der Waals surface area (Å²) in [5.74, 6) is 0.213. The lowest BCUT2D eigenvalue weighted by molar-refractivity contribution is 0.623. The summed E-state index contributed by atoms with van der Waals surface area (Å²) in [6.45, 7) is 5.34. The second kappa shape index (κ2) is 11.2. The molecule has 0 saturated carbocycles. The maximum Gasteiger partial charge on any atom is 0.141 e. The smallest absolute Gasteiger partial charge is 0.141 e. The second-order valence-corrected chi connectivity index (χ2v) is 5.79. The van der Waals surface area contributed by atoms with Crippen molar-refractivity contribution in [1.82, 2.24) is 5.32 Å². The van der Waals surface area contributed by atoms with Crippen LogP contribution in [0.25, 0.3) is 5.57 Å². The average molecular weight is 342 g/mol. The number of nitriles is 1. The first-order chi connectivity index (χ1) is 12.0. The lowest BCUT2D eigenvalue weighted by Gasteiger charge is -2.11. The van der Waals surface area contributed by atoms with Crippen LogP contribution in [0.1, 0.15) is 44.2 Å². The normalized spacial score (nSPS) is 12.9. The predicted octanol–water partition coefficient (Wildman–Crippen LogP) is 3.79. The molecule has 1 rings (SSSR count). The third-order valence-electron chi connectivity index (χ3n) is 3.82. The number of amidine groups is 1. The molecule has 0 fully saturated rings. The third-order valence-corrected chi connectivity index (χ3v) is 3.82. The van der Waals surface area contributed by atoms with Gasteiger partial charge in [-0.25, -0.2) is 4.39 Å². The Morgan fingerprint density at radius 3 is 2.76 bits per heavy atom. The van der Waals surface area contributed by atoms with Crippen molar-refractivity contribution in [2.45, 2.75) is 33.1 Å². The molecular formula is C20H27FN4. The van der Waals surface area contributed by atoms with Gasteiger partial charge in [0.05, 0.1) is 5.56 Å². The molecule has 134 valence electrons. The SMILES string of the molecule is CCC/C=C(\CCN)CNC(/C=C(\C)c1ccc(C#N)c(F)c1)=NC. The third kappa shape index (κ3) is 6.90. The Bertz CT molecular complexity index is 696. The van der Waals surface area contributed by atoms with E-state index in [-0.39, 0.29) is 5.56 Å². The van der Waals surface area contributed by atoms with Gasteiger partial charge in [-0.15, -0.1) is 0 Å². The molecule has 0 aromatic heterocycles. The molecule has 1 aromatic carbocycles. The molecular weight excluding hydrogens is 315 g/mol. The molecule has 0 radical (unpaired) electrons. The van der Waals surface area contributed by atoms with Gasteiger partial charge in [0.2, 0.25) is 0 Å². The highest BCUT2D eigenvalue weighted by Gasteiger charge is 2.05. The van der Waals surface area contributed by atoms with Crippen molar-refractivity contribution in [2.24, 2.45) is 10.7 Å². The zero-order chi connectivity index (χ0) is 18.7. The van der Waals surface area contributed by atoms with E-state index in [9.17, 15) is 4.39 Å². The lowest BCUT2D eigenvalue weighted by Crippen LogP contribution is -2.25. The van der Waals surface area contributed by atoms with Crippen LogP contribution in [-0.4, -0.2) is 26.0 Å². The molecule has 3 N–H and O–H groups in total. The summed E-state index contributed by atoms with van der Waals surface area (Å²) in [5, 5.41) is 12.1. The summed E-state index contributed by atoms with van der Waals surface area (Å²) >= 11 is 0. The Morgan fingerprint density at radius 1 is 1.44 bits per heavy atom. The van der Waals surface area contributed by atoms with Gasteiger partial charge in [-0.2, -0.15) is 5.26 Å². The molecule has 0 spiro atoms. The summed E-state index contributed by atoms with van der Waals surface area (Å²) in [4.78, 5) is 4.25. The molecule has 0 aliphatic rings. The predicted molar refractivity (Wildman–Crippen MR) is 103 cm³/mol. The van der Waals surface area contributed by atoms with Gasteiger partial charge in [-0.1, -0.05) is 31.1 Å². The average Bonchev–Trinajstić information content (AvgIpc) is 2.62. The molecule has 1 aromatic rings. The van der Waals surface area contributed by atoms with Crippen molar-refractivity contribution in [3.63, 3.8) is 0 Å². The molecule has 4 nitrogen and oxygen atoms in total. The van der Waals surface area contributed by atoms with E-state index in [0.29, 0.717) is 13.1 Å². The zero-order valence-corrected chi connectivity index (χ0v) is 15.3. The molecule has 0 aliphatic carbocycles. The number of hydrogen-bond donors (Lipinski definition) is 2. The maximum atomic E-state index is 13.8. The van der Waals surface area contributed by atoms with Crippen molar-refractivity contribution in [3.8, 4) is 6.07 Å². The van der Waals surface area contributed by atoms with Crippen LogP contribution in [0.15, 0.2) is 40.9 Å². The number of allylic oxidation sites excluding steroid dienone is 2. The molecule has 5 heteroatoms. The quantitative estimate of drug-likeness (QED) is 0.429. The number of rotatable bonds is 8. The number of nitrogens with zero attached hydrogens (tertiary/aromatic N) is 2. The first-order valence-corrected chi connectivity index (χ1v) is 8.52. The van der Waals surface area contributed by atoms with Gasteiger partial charge < -0.3 is 11.1 Å². The fraction of sp³-hybridized carbons (Fsp3) is 0.400. The number of aliphatic imine (C=N–C) groups is 1. The Kier molecular flexibility index (Phi) is 9.20. The zero-order valence-electron chi connectivity index (χ0n) is 15.3. The first-order valence-electron chi connectivity index (χ1n) is 8.52. The van der Waals surface area contributed by atoms with E-state index in [1.807, 2.05) is 19.1 Å². The fourth-order valence-electron chi connectivity index (χ4n) is 2.33. The number of nitrogens with two attached hydrogens (primary N) is 1. The summed E-state index contributed by atoms with van der Waals surface area (Å²) in [6, 6.07) is 6.43. The number of benzene rings is 1. The van der Waals surface area contributed by atoms with Gasteiger partial charge in [0.1, 0.15) is 17.7 Å². The number of nitrogens with one attached hydrogen (secondary N) is 1. The molecule has 0 amide bonds. The van der Waals surface area contributed by atoms with E-state index >= 15 is 0 Å². The van der Waals surface area contributed by atoms with E-state index in [1.54, 1.807) is 13.1 Å². The van der Waals surface area contributed by atoms with Gasteiger partial charge in [0, 0.05) is 13.6 Å². The van der Waals surface area contributed by atoms with Gasteiger partial charge in [0.15, 0.2) is 0 Å². The number of unbranched alkanes of at least 4 members (excludes halogenated alkanes) is 1. The van der Waals surface area contributed by atoms with Crippen LogP contribution >= 0.6 is 0 Å². The summed E-state index contributed by atoms with van der Waals surface area (Å²) < 4.78 is 13.8. The highest BCUT2D eigenvalue weighted by atomic mass is 19.1. The van der Waals surface area contributed by atoms with E-state index in [0.717, 1.165) is 36.2 Å². The van der Waals surface area contributed by atoms with Gasteiger partial charge in [-0.05, 0) is 55.7 Å². The van der Waals surface area contributed by atoms with Crippen molar-refractivity contribution in [3.05, 3.63) is 52.9 Å². The van der Waals surface area contributed by atoms with Crippen LogP contribution in [0.3, 0.4) is 0 Å². The van der Waals surface area contributed by atoms with Gasteiger partial charge in [0.25, 0.3) is 0 Å². The molecule has 25 heavy (non-hydrogen) atoms. The molecule has 0 atom stereocenters. The molecule has 0 saturated heterocycles. The van der Waals surface area contributed by atoms with Crippen molar-refractivity contribution in [1.29, 1.82) is 5.26 Å². The van der Waals surface area contributed by atoms with Gasteiger partial charge >= 0.3 is 0 Å². The lowest BCUT2D eigenvalue weighted by atomic mass is 10.0. The molecule has 0 aliphatic heterocycles. The van der Waals surface area contributed by atoms with E-state index < -0.39 is 5.82 Å². The monoisotopic (exact) mass is 342 g/mol. The first kappa shape index (κ1) is 20.6. The molecule has 0 unspecified atom stereocenters. The van der Waals surface area contributed by atoms with Crippen molar-refractivity contribution in [2.75, 3.05) is 20.1 Å². The van der Waals surface area contributed by atoms with E-state index in [1.165, 1.54) is 17.7 Å². The van der Waals surface area contributed by atoms with E-state index in [2.05, 4.69) is 23.3 Å². The van der Waals surface area contributed by atoms with Crippen molar-refractivity contribution < 1.29 is 4.39 Å². The Balaban J connectivity index is 2.84. The van der Waals surface area contributed by atoms with E-state index in [4.69, 9.17) is 11.0 Å². The van der Waals surface area contributed by atoms with Crippen LogP contribution < -0.4 is 11.1 Å². The number of hydrogen-bond acceptors (Lipinski definition) is 3. The Hall–Kier alpha value is -2.45. The Labute approximate surface area is 150 Å². The molecule has 0 heterocycles. The highest BCUT2D eigenvalue weighted by molar-refractivity contribution is 5.99. The fourth-order valence-corrected chi connectivity index (χ4v) is 2.33. The summed E-state index contributed by atoms with van der Waals surface area (Å²) in [6.07, 6.45) is 7.09. The minimum Gasteiger partial charge on any atom is -0.367 e. The van der Waals surface area contributed by atoms with Crippen molar-refractivity contribution >= 4 is 11.4 Å². The highest BCUT2D eigenvalue weighted by Crippen LogP contribution is 2.17. The second-order valence-electron chi connectivity index (χ2n) is 5.79. The van der Waals surface area contributed by atoms with Crippen LogP contribution in [0.2, 0.25) is 0 Å². The molecule has 0 bridgehead atoms. The van der Waals surface area contributed by atoms with Crippen LogP contribution in [0.5, 0.6) is 0 Å². The topological polar surface area (TPSA) is 74.2 Å². The minimum atomic E-state index is -0.511. The summed E-state index contributed by atoms with van der Waals surface area (Å²) in [5.41, 5.74) is 8.57. The van der Waals surface area contributed by atoms with Crippen LogP contribution in [0.4, 0.5) is 4.39 Å². The Morgan fingerprint density at radius 2 is 2.20 bits per heavy atom. The van der Waals surface area contributed by atoms with Crippen LogP contribution in [0, 0.1) is 17.1 Å². The largest absolute Gasteiger partial charge is 0.367 e. The standard InChI is InChI=1S/C20H27FN4/c1-4-5-6-16(9-10-22)14-25-20(24-3)11-15(2)17-7-8-18(13-23)19(21)12-17/h6-8,11-12H,4-5,9-10,14,22H2,1-3H3,(H,24,25)/b15-11+,16-6+. The maximum absolute atomic E-state index is 13.8. The summed E-state index contributed by atoms with van der Waals surface area (Å²) in [7, 11) is 1.71. The van der Waals surface area contributed by atoms with Crippen LogP contribution in [-0.2, 0) is 0 Å². The number of halogens is 1. The minimum absolute atomic E-state index is 0.0477.